The van der Waals surface area contributed by atoms with Crippen LogP contribution >= 0.6 is 0 Å². The molecule has 0 radical (unpaired) electrons. The molecule has 4 nitrogen and oxygen atoms in total. The minimum absolute atomic E-state index is 0.144. The molecule has 24 heavy (non-hydrogen) atoms. The number of para-hydroxylation sites is 1. The van der Waals surface area contributed by atoms with Gasteiger partial charge in [0.05, 0.1) is 17.3 Å². The third kappa shape index (κ3) is 2.11. The predicted molar refractivity (Wildman–Crippen MR) is 87.0 cm³/mol. The van der Waals surface area contributed by atoms with Gasteiger partial charge in [-0.15, -0.1) is 0 Å². The normalized spacial score (nSPS) is 11.1. The SMILES string of the molecule is O=c1[nH]cnc2c1c(-c1c(F)cccc1F)cn2-c1ccccc1. The van der Waals surface area contributed by atoms with E-state index in [1.54, 1.807) is 4.57 Å². The fourth-order valence-corrected chi connectivity index (χ4v) is 2.80. The molecular formula is C18H11F2N3O. The lowest BCUT2D eigenvalue weighted by Crippen LogP contribution is -2.07. The highest BCUT2D eigenvalue weighted by Gasteiger charge is 2.20. The van der Waals surface area contributed by atoms with Crippen molar-refractivity contribution >= 4 is 11.0 Å². The van der Waals surface area contributed by atoms with E-state index in [2.05, 4.69) is 9.97 Å². The van der Waals surface area contributed by atoms with Crippen LogP contribution in [0.4, 0.5) is 8.78 Å². The van der Waals surface area contributed by atoms with E-state index in [0.29, 0.717) is 5.65 Å². The Morgan fingerprint density at radius 3 is 2.38 bits per heavy atom. The number of halogens is 2. The molecule has 4 aromatic rings. The number of rotatable bonds is 2. The lowest BCUT2D eigenvalue weighted by atomic mass is 10.1. The molecule has 4 rings (SSSR count). The summed E-state index contributed by atoms with van der Waals surface area (Å²) in [5.41, 5.74) is 0.549. The Balaban J connectivity index is 2.13. The summed E-state index contributed by atoms with van der Waals surface area (Å²) in [6.07, 6.45) is 2.80. The standard InChI is InChI=1S/C18H11F2N3O/c19-13-7-4-8-14(20)15(13)12-9-23(11-5-2-1-3-6-11)17-16(12)18(24)22-10-21-17/h1-10H,(H,21,22,24). The van der Waals surface area contributed by atoms with Crippen LogP contribution < -0.4 is 5.56 Å². The summed E-state index contributed by atoms with van der Waals surface area (Å²) in [4.78, 5) is 18.9. The van der Waals surface area contributed by atoms with Crippen molar-refractivity contribution in [2.45, 2.75) is 0 Å². The molecule has 0 aliphatic heterocycles. The summed E-state index contributed by atoms with van der Waals surface area (Å²) in [5, 5.41) is 0.144. The number of nitrogens with one attached hydrogen (secondary N) is 1. The molecule has 1 N–H and O–H groups in total. The van der Waals surface area contributed by atoms with Crippen LogP contribution in [-0.4, -0.2) is 14.5 Å². The molecule has 6 heteroatoms. The Morgan fingerprint density at radius 1 is 0.958 bits per heavy atom. The van der Waals surface area contributed by atoms with Crippen molar-refractivity contribution < 1.29 is 8.78 Å². The summed E-state index contributed by atoms with van der Waals surface area (Å²) in [6, 6.07) is 12.8. The fraction of sp³-hybridized carbons (Fsp3) is 0. The average Bonchev–Trinajstić information content (AvgIpc) is 2.96. The molecule has 2 aromatic heterocycles. The molecule has 0 aliphatic carbocycles. The van der Waals surface area contributed by atoms with E-state index in [9.17, 15) is 13.6 Å². The lowest BCUT2D eigenvalue weighted by molar-refractivity contribution is 0.590. The van der Waals surface area contributed by atoms with Gasteiger partial charge >= 0.3 is 0 Å². The summed E-state index contributed by atoms with van der Waals surface area (Å²) >= 11 is 0. The van der Waals surface area contributed by atoms with E-state index < -0.39 is 17.2 Å². The average molecular weight is 323 g/mol. The Hall–Kier alpha value is -3.28. The predicted octanol–water partition coefficient (Wildman–Crippen LogP) is 3.66. The zero-order chi connectivity index (χ0) is 16.7. The highest BCUT2D eigenvalue weighted by molar-refractivity contribution is 5.94. The Morgan fingerprint density at radius 2 is 1.67 bits per heavy atom. The monoisotopic (exact) mass is 323 g/mol. The summed E-state index contributed by atoms with van der Waals surface area (Å²) < 4.78 is 30.1. The minimum atomic E-state index is -0.731. The number of H-pyrrole nitrogens is 1. The molecule has 0 bridgehead atoms. The third-order valence-electron chi connectivity index (χ3n) is 3.86. The maximum atomic E-state index is 14.2. The first-order valence-electron chi connectivity index (χ1n) is 7.25. The van der Waals surface area contributed by atoms with Crippen LogP contribution in [0.1, 0.15) is 0 Å². The number of aromatic nitrogens is 3. The second-order valence-electron chi connectivity index (χ2n) is 5.28. The summed E-state index contributed by atoms with van der Waals surface area (Å²) in [7, 11) is 0. The Bertz CT molecular complexity index is 1080. The Kier molecular flexibility index (Phi) is 3.23. The largest absolute Gasteiger partial charge is 0.312 e. The zero-order valence-corrected chi connectivity index (χ0v) is 12.3. The van der Waals surface area contributed by atoms with E-state index in [-0.39, 0.29) is 16.5 Å². The molecule has 0 atom stereocenters. The first-order chi connectivity index (χ1) is 11.7. The van der Waals surface area contributed by atoms with Crippen molar-refractivity contribution in [1.29, 1.82) is 0 Å². The van der Waals surface area contributed by atoms with Crippen LogP contribution in [0.3, 0.4) is 0 Å². The maximum Gasteiger partial charge on any atom is 0.260 e. The van der Waals surface area contributed by atoms with Crippen LogP contribution in [-0.2, 0) is 0 Å². The molecule has 0 spiro atoms. The van der Waals surface area contributed by atoms with Gasteiger partial charge in [-0.05, 0) is 24.3 Å². The first kappa shape index (κ1) is 14.3. The van der Waals surface area contributed by atoms with Gasteiger partial charge in [0.1, 0.15) is 11.6 Å². The van der Waals surface area contributed by atoms with Gasteiger partial charge < -0.3 is 9.55 Å². The molecule has 0 saturated heterocycles. The van der Waals surface area contributed by atoms with Crippen LogP contribution in [0, 0.1) is 11.6 Å². The van der Waals surface area contributed by atoms with E-state index in [4.69, 9.17) is 0 Å². The third-order valence-corrected chi connectivity index (χ3v) is 3.86. The van der Waals surface area contributed by atoms with Crippen molar-refractivity contribution in [3.05, 3.63) is 83.0 Å². The topological polar surface area (TPSA) is 50.7 Å². The smallest absolute Gasteiger partial charge is 0.260 e. The van der Waals surface area contributed by atoms with Crippen LogP contribution in [0.15, 0.2) is 65.8 Å². The van der Waals surface area contributed by atoms with Crippen molar-refractivity contribution in [2.24, 2.45) is 0 Å². The van der Waals surface area contributed by atoms with Crippen molar-refractivity contribution in [2.75, 3.05) is 0 Å². The van der Waals surface area contributed by atoms with E-state index in [0.717, 1.165) is 17.8 Å². The molecular weight excluding hydrogens is 312 g/mol. The fourth-order valence-electron chi connectivity index (χ4n) is 2.80. The minimum Gasteiger partial charge on any atom is -0.312 e. The second-order valence-corrected chi connectivity index (χ2v) is 5.28. The molecule has 0 fully saturated rings. The maximum absolute atomic E-state index is 14.2. The van der Waals surface area contributed by atoms with Gasteiger partial charge in [0.25, 0.3) is 5.56 Å². The van der Waals surface area contributed by atoms with E-state index in [1.165, 1.54) is 18.6 Å². The first-order valence-corrected chi connectivity index (χ1v) is 7.25. The number of hydrogen-bond acceptors (Lipinski definition) is 2. The molecule has 0 aliphatic rings. The summed E-state index contributed by atoms with van der Waals surface area (Å²) in [6.45, 7) is 0. The highest BCUT2D eigenvalue weighted by Crippen LogP contribution is 2.32. The molecule has 2 heterocycles. The van der Waals surface area contributed by atoms with Crippen LogP contribution in [0.2, 0.25) is 0 Å². The number of fused-ring (bicyclic) bond motifs is 1. The quantitative estimate of drug-likeness (QED) is 0.612. The van der Waals surface area contributed by atoms with Gasteiger partial charge in [-0.3, -0.25) is 4.79 Å². The molecule has 118 valence electrons. The number of benzene rings is 2. The van der Waals surface area contributed by atoms with Gasteiger partial charge in [0, 0.05) is 17.4 Å². The van der Waals surface area contributed by atoms with E-state index >= 15 is 0 Å². The number of aromatic amines is 1. The van der Waals surface area contributed by atoms with Crippen LogP contribution in [0.25, 0.3) is 27.8 Å². The van der Waals surface area contributed by atoms with Crippen molar-refractivity contribution in [3.63, 3.8) is 0 Å². The molecule has 0 unspecified atom stereocenters. The molecule has 0 amide bonds. The number of hydrogen-bond donors (Lipinski definition) is 1. The van der Waals surface area contributed by atoms with Gasteiger partial charge in [0.2, 0.25) is 0 Å². The van der Waals surface area contributed by atoms with Crippen LogP contribution in [0.5, 0.6) is 0 Å². The van der Waals surface area contributed by atoms with Gasteiger partial charge in [-0.1, -0.05) is 24.3 Å². The zero-order valence-electron chi connectivity index (χ0n) is 12.3. The van der Waals surface area contributed by atoms with E-state index in [1.807, 2.05) is 30.3 Å². The van der Waals surface area contributed by atoms with Crippen molar-refractivity contribution in [3.8, 4) is 16.8 Å². The van der Waals surface area contributed by atoms with Gasteiger partial charge in [0.15, 0.2) is 5.65 Å². The van der Waals surface area contributed by atoms with Gasteiger partial charge in [-0.2, -0.15) is 0 Å². The van der Waals surface area contributed by atoms with Gasteiger partial charge in [-0.25, -0.2) is 13.8 Å². The second kappa shape index (κ2) is 5.42. The highest BCUT2D eigenvalue weighted by atomic mass is 19.1. The molecule has 0 saturated carbocycles. The van der Waals surface area contributed by atoms with Crippen molar-refractivity contribution in [1.82, 2.24) is 14.5 Å². The number of nitrogens with zero attached hydrogens (tertiary/aromatic N) is 2. The summed E-state index contributed by atoms with van der Waals surface area (Å²) in [5.74, 6) is -1.46. The lowest BCUT2D eigenvalue weighted by Gasteiger charge is -2.03. The molecule has 2 aromatic carbocycles. The Labute approximate surface area is 135 Å².